The molecule has 0 saturated carbocycles. The number of carbonyl (C=O) groups excluding carboxylic acids is 1. The number of phenolic OH excluding ortho intramolecular Hbond substituents is 1. The van der Waals surface area contributed by atoms with Crippen molar-refractivity contribution in [2.24, 2.45) is 0 Å². The SMILES string of the molecule is CSc1cc(O)c(SC)c2c1NC(=O)CS2. The molecule has 0 unspecified atom stereocenters. The second-order valence-electron chi connectivity index (χ2n) is 3.17. The Morgan fingerprint density at radius 2 is 2.19 bits per heavy atom. The fourth-order valence-electron chi connectivity index (χ4n) is 1.53. The van der Waals surface area contributed by atoms with Crippen molar-refractivity contribution in [2.75, 3.05) is 23.6 Å². The fourth-order valence-corrected chi connectivity index (χ4v) is 4.05. The van der Waals surface area contributed by atoms with Crippen LogP contribution in [0.25, 0.3) is 0 Å². The van der Waals surface area contributed by atoms with Crippen LogP contribution in [0.1, 0.15) is 0 Å². The van der Waals surface area contributed by atoms with E-state index < -0.39 is 0 Å². The van der Waals surface area contributed by atoms with Crippen molar-refractivity contribution in [3.63, 3.8) is 0 Å². The largest absolute Gasteiger partial charge is 0.507 e. The Morgan fingerprint density at radius 3 is 2.81 bits per heavy atom. The zero-order valence-corrected chi connectivity index (χ0v) is 11.3. The molecule has 2 N–H and O–H groups in total. The molecule has 1 aromatic carbocycles. The number of aromatic hydroxyl groups is 1. The van der Waals surface area contributed by atoms with E-state index in [1.807, 2.05) is 12.5 Å². The predicted octanol–water partition coefficient (Wildman–Crippen LogP) is 2.88. The topological polar surface area (TPSA) is 49.3 Å². The van der Waals surface area contributed by atoms with Gasteiger partial charge in [-0.05, 0) is 18.6 Å². The molecule has 2 rings (SSSR count). The normalized spacial score (nSPS) is 14.5. The molecular formula is C10H11NO2S3. The van der Waals surface area contributed by atoms with Gasteiger partial charge in [-0.1, -0.05) is 0 Å². The van der Waals surface area contributed by atoms with Gasteiger partial charge in [-0.2, -0.15) is 0 Å². The first-order valence-corrected chi connectivity index (χ1v) is 8.01. The highest BCUT2D eigenvalue weighted by Gasteiger charge is 2.23. The Balaban J connectivity index is 2.62. The van der Waals surface area contributed by atoms with Gasteiger partial charge in [0.05, 0.1) is 16.3 Å². The fraction of sp³-hybridized carbons (Fsp3) is 0.300. The Kier molecular flexibility index (Phi) is 3.61. The maximum Gasteiger partial charge on any atom is 0.234 e. The van der Waals surface area contributed by atoms with Crippen molar-refractivity contribution in [3.8, 4) is 5.75 Å². The summed E-state index contributed by atoms with van der Waals surface area (Å²) in [7, 11) is 0. The molecule has 0 aliphatic carbocycles. The zero-order chi connectivity index (χ0) is 11.7. The predicted molar refractivity (Wildman–Crippen MR) is 71.0 cm³/mol. The highest BCUT2D eigenvalue weighted by atomic mass is 32.2. The van der Waals surface area contributed by atoms with Gasteiger partial charge in [0, 0.05) is 9.79 Å². The number of benzene rings is 1. The highest BCUT2D eigenvalue weighted by molar-refractivity contribution is 8.02. The standard InChI is InChI=1S/C10H11NO2S3/c1-14-6-3-5(12)9(15-2)10-8(6)11-7(13)4-16-10/h3,12H,4H2,1-2H3,(H,11,13). The van der Waals surface area contributed by atoms with Gasteiger partial charge >= 0.3 is 0 Å². The molecule has 0 aromatic heterocycles. The van der Waals surface area contributed by atoms with Crippen molar-refractivity contribution >= 4 is 46.9 Å². The van der Waals surface area contributed by atoms with Crippen LogP contribution in [0.2, 0.25) is 0 Å². The van der Waals surface area contributed by atoms with Gasteiger partial charge in [0.25, 0.3) is 0 Å². The summed E-state index contributed by atoms with van der Waals surface area (Å²) in [5.74, 6) is 0.725. The number of anilines is 1. The second-order valence-corrected chi connectivity index (χ2v) is 5.82. The van der Waals surface area contributed by atoms with Crippen LogP contribution in [0.5, 0.6) is 5.75 Å². The van der Waals surface area contributed by atoms with Crippen LogP contribution in [-0.4, -0.2) is 29.3 Å². The minimum Gasteiger partial charge on any atom is -0.507 e. The van der Waals surface area contributed by atoms with Crippen molar-refractivity contribution in [3.05, 3.63) is 6.07 Å². The first kappa shape index (κ1) is 12.0. The Morgan fingerprint density at radius 1 is 1.44 bits per heavy atom. The van der Waals surface area contributed by atoms with Gasteiger partial charge in [0.15, 0.2) is 0 Å². The van der Waals surface area contributed by atoms with Crippen LogP contribution in [0.4, 0.5) is 5.69 Å². The Labute approximate surface area is 107 Å². The molecular weight excluding hydrogens is 262 g/mol. The number of rotatable bonds is 2. The minimum atomic E-state index is 0.0190. The maximum absolute atomic E-state index is 11.4. The number of amides is 1. The van der Waals surface area contributed by atoms with Crippen LogP contribution < -0.4 is 5.32 Å². The summed E-state index contributed by atoms with van der Waals surface area (Å²) >= 11 is 4.51. The van der Waals surface area contributed by atoms with E-state index in [4.69, 9.17) is 0 Å². The molecule has 1 amide bonds. The first-order chi connectivity index (χ1) is 7.67. The highest BCUT2D eigenvalue weighted by Crippen LogP contribution is 2.47. The molecule has 0 bridgehead atoms. The average molecular weight is 273 g/mol. The maximum atomic E-state index is 11.4. The zero-order valence-electron chi connectivity index (χ0n) is 8.86. The van der Waals surface area contributed by atoms with E-state index in [1.54, 1.807) is 6.07 Å². The summed E-state index contributed by atoms with van der Waals surface area (Å²) in [4.78, 5) is 14.1. The number of hydrogen-bond donors (Lipinski definition) is 2. The molecule has 1 aromatic rings. The average Bonchev–Trinajstić information content (AvgIpc) is 2.28. The smallest absolute Gasteiger partial charge is 0.234 e. The molecule has 3 nitrogen and oxygen atoms in total. The molecule has 0 saturated heterocycles. The minimum absolute atomic E-state index is 0.0190. The van der Waals surface area contributed by atoms with Crippen LogP contribution in [0, 0.1) is 0 Å². The molecule has 0 spiro atoms. The van der Waals surface area contributed by atoms with Crippen LogP contribution in [0.3, 0.4) is 0 Å². The summed E-state index contributed by atoms with van der Waals surface area (Å²) in [6.07, 6.45) is 3.85. The van der Waals surface area contributed by atoms with Gasteiger partial charge < -0.3 is 10.4 Å². The van der Waals surface area contributed by atoms with Gasteiger partial charge in [-0.15, -0.1) is 35.3 Å². The molecule has 0 fully saturated rings. The molecule has 1 aliphatic heterocycles. The lowest BCUT2D eigenvalue weighted by Crippen LogP contribution is -2.19. The summed E-state index contributed by atoms with van der Waals surface area (Å²) in [6, 6.07) is 1.71. The Bertz CT molecular complexity index is 448. The second kappa shape index (κ2) is 4.81. The lowest BCUT2D eigenvalue weighted by molar-refractivity contribution is -0.113. The summed E-state index contributed by atoms with van der Waals surface area (Å²) in [5.41, 5.74) is 0.843. The third kappa shape index (κ3) is 2.01. The summed E-state index contributed by atoms with van der Waals surface area (Å²) < 4.78 is 0. The molecule has 0 atom stereocenters. The van der Waals surface area contributed by atoms with Gasteiger partial charge in [0.2, 0.25) is 5.91 Å². The lowest BCUT2D eigenvalue weighted by Gasteiger charge is -2.22. The molecule has 16 heavy (non-hydrogen) atoms. The first-order valence-electron chi connectivity index (χ1n) is 4.58. The van der Waals surface area contributed by atoms with Crippen LogP contribution in [0.15, 0.2) is 20.8 Å². The number of carbonyl (C=O) groups is 1. The molecule has 86 valence electrons. The molecule has 0 radical (unpaired) electrons. The van der Waals surface area contributed by atoms with E-state index in [0.29, 0.717) is 11.5 Å². The molecule has 1 aliphatic rings. The van der Waals surface area contributed by atoms with Crippen LogP contribution >= 0.6 is 35.3 Å². The number of phenols is 1. The third-order valence-electron chi connectivity index (χ3n) is 2.22. The molecule has 1 heterocycles. The van der Waals surface area contributed by atoms with E-state index in [9.17, 15) is 9.90 Å². The number of nitrogens with one attached hydrogen (secondary N) is 1. The number of fused-ring (bicyclic) bond motifs is 1. The lowest BCUT2D eigenvalue weighted by atomic mass is 10.3. The molecule has 6 heteroatoms. The number of hydrogen-bond acceptors (Lipinski definition) is 5. The summed E-state index contributed by atoms with van der Waals surface area (Å²) in [5, 5.41) is 12.8. The van der Waals surface area contributed by atoms with Crippen LogP contribution in [-0.2, 0) is 4.79 Å². The van der Waals surface area contributed by atoms with E-state index in [0.717, 1.165) is 20.4 Å². The van der Waals surface area contributed by atoms with E-state index in [2.05, 4.69) is 5.32 Å². The quantitative estimate of drug-likeness (QED) is 0.641. The van der Waals surface area contributed by atoms with Gasteiger partial charge in [-0.3, -0.25) is 4.79 Å². The van der Waals surface area contributed by atoms with Crippen molar-refractivity contribution in [2.45, 2.75) is 14.7 Å². The van der Waals surface area contributed by atoms with E-state index >= 15 is 0 Å². The van der Waals surface area contributed by atoms with Crippen molar-refractivity contribution < 1.29 is 9.90 Å². The van der Waals surface area contributed by atoms with Crippen molar-refractivity contribution in [1.29, 1.82) is 0 Å². The monoisotopic (exact) mass is 273 g/mol. The van der Waals surface area contributed by atoms with Gasteiger partial charge in [-0.25, -0.2) is 0 Å². The third-order valence-corrected chi connectivity index (χ3v) is 5.03. The van der Waals surface area contributed by atoms with E-state index in [-0.39, 0.29) is 5.91 Å². The van der Waals surface area contributed by atoms with E-state index in [1.165, 1.54) is 35.3 Å². The number of thioether (sulfide) groups is 3. The van der Waals surface area contributed by atoms with Gasteiger partial charge in [0.1, 0.15) is 5.75 Å². The summed E-state index contributed by atoms with van der Waals surface area (Å²) in [6.45, 7) is 0. The Hall–Kier alpha value is -0.460. The van der Waals surface area contributed by atoms with Crippen molar-refractivity contribution in [1.82, 2.24) is 0 Å².